The average molecular weight is 312 g/mol. The molecule has 23 heavy (non-hydrogen) atoms. The van der Waals surface area contributed by atoms with Crippen LogP contribution in [-0.2, 0) is 6.42 Å². The van der Waals surface area contributed by atoms with Crippen molar-refractivity contribution in [3.63, 3.8) is 0 Å². The smallest absolute Gasteiger partial charge is 0.229 e. The summed E-state index contributed by atoms with van der Waals surface area (Å²) in [6.45, 7) is 4.37. The number of quaternary nitrogens is 1. The second-order valence-corrected chi connectivity index (χ2v) is 6.44. The van der Waals surface area contributed by atoms with Crippen molar-refractivity contribution in [1.82, 2.24) is 19.7 Å². The molecule has 1 fully saturated rings. The summed E-state index contributed by atoms with van der Waals surface area (Å²) < 4.78 is 1.65. The van der Waals surface area contributed by atoms with Gasteiger partial charge in [-0.1, -0.05) is 18.2 Å². The van der Waals surface area contributed by atoms with E-state index in [1.54, 1.807) is 7.05 Å². The largest absolute Gasteiger partial charge is 0.633 e. The Bertz CT molecular complexity index is 769. The molecule has 1 saturated heterocycles. The molecule has 0 saturated carbocycles. The Kier molecular flexibility index (Phi) is 3.21. The molecular formula is C16H20N6O. The lowest BCUT2D eigenvalue weighted by atomic mass is 10.1. The van der Waals surface area contributed by atoms with Gasteiger partial charge in [0.05, 0.1) is 38.9 Å². The number of likely N-dealkylation sites (N-methyl/N-ethyl adjacent to an activating group) is 1. The number of rotatable bonds is 0. The van der Waals surface area contributed by atoms with Gasteiger partial charge in [-0.05, 0) is 18.6 Å². The first-order valence-corrected chi connectivity index (χ1v) is 7.92. The fourth-order valence-corrected chi connectivity index (χ4v) is 3.12. The highest BCUT2D eigenvalue weighted by Crippen LogP contribution is 2.26. The van der Waals surface area contributed by atoms with Crippen LogP contribution in [0.2, 0.25) is 0 Å². The van der Waals surface area contributed by atoms with Crippen molar-refractivity contribution in [1.29, 1.82) is 0 Å². The number of para-hydroxylation sites is 1. The number of aliphatic imine (C=N–C) groups is 1. The second kappa shape index (κ2) is 5.14. The first kappa shape index (κ1) is 14.3. The summed E-state index contributed by atoms with van der Waals surface area (Å²) in [5.74, 6) is 2.43. The fraction of sp³-hybridized carbons (Fsp3) is 0.438. The van der Waals surface area contributed by atoms with Gasteiger partial charge in [0.2, 0.25) is 5.96 Å². The van der Waals surface area contributed by atoms with Gasteiger partial charge in [0.15, 0.2) is 0 Å². The molecule has 2 aliphatic heterocycles. The molecule has 0 bridgehead atoms. The Hall–Kier alpha value is -2.25. The topological polar surface area (TPSA) is 69.4 Å². The van der Waals surface area contributed by atoms with E-state index in [2.05, 4.69) is 21.0 Å². The Morgan fingerprint density at radius 3 is 2.70 bits per heavy atom. The molecule has 7 nitrogen and oxygen atoms in total. The van der Waals surface area contributed by atoms with E-state index < -0.39 is 0 Å². The van der Waals surface area contributed by atoms with Crippen LogP contribution in [0.15, 0.2) is 29.3 Å². The molecule has 3 heterocycles. The molecule has 7 heteroatoms. The van der Waals surface area contributed by atoms with Crippen LogP contribution >= 0.6 is 0 Å². The zero-order chi connectivity index (χ0) is 16.0. The van der Waals surface area contributed by atoms with E-state index in [-0.39, 0.29) is 4.65 Å². The monoisotopic (exact) mass is 312 g/mol. The molecular weight excluding hydrogens is 292 g/mol. The molecule has 0 unspecified atom stereocenters. The van der Waals surface area contributed by atoms with E-state index in [4.69, 9.17) is 4.99 Å². The number of nitrogens with zero attached hydrogens (tertiary/aromatic N) is 6. The molecule has 4 rings (SSSR count). The van der Waals surface area contributed by atoms with Crippen LogP contribution in [0.1, 0.15) is 17.2 Å². The molecule has 120 valence electrons. The maximum atomic E-state index is 12.1. The summed E-state index contributed by atoms with van der Waals surface area (Å²) in [5, 5.41) is 16.6. The van der Waals surface area contributed by atoms with Crippen LogP contribution in [0.4, 0.5) is 5.69 Å². The molecule has 0 atom stereocenters. The molecule has 0 amide bonds. The van der Waals surface area contributed by atoms with Crippen molar-refractivity contribution >= 4 is 11.6 Å². The van der Waals surface area contributed by atoms with Gasteiger partial charge in [0.25, 0.3) is 0 Å². The number of fused-ring (bicyclic) bond motifs is 2. The van der Waals surface area contributed by atoms with Crippen LogP contribution in [-0.4, -0.2) is 63.5 Å². The zero-order valence-corrected chi connectivity index (χ0v) is 13.4. The van der Waals surface area contributed by atoms with Crippen molar-refractivity contribution in [2.75, 3.05) is 33.2 Å². The van der Waals surface area contributed by atoms with Gasteiger partial charge in [-0.15, -0.1) is 5.10 Å². The molecule has 0 N–H and O–H groups in total. The van der Waals surface area contributed by atoms with E-state index in [9.17, 15) is 5.21 Å². The normalized spacial score (nSPS) is 19.6. The highest BCUT2D eigenvalue weighted by molar-refractivity contribution is 5.86. The lowest BCUT2D eigenvalue weighted by Gasteiger charge is -2.45. The van der Waals surface area contributed by atoms with Crippen molar-refractivity contribution in [3.8, 4) is 0 Å². The highest BCUT2D eigenvalue weighted by Gasteiger charge is 2.28. The van der Waals surface area contributed by atoms with Gasteiger partial charge >= 0.3 is 0 Å². The number of hydrogen-bond acceptors (Lipinski definition) is 5. The van der Waals surface area contributed by atoms with Crippen LogP contribution in [0.3, 0.4) is 0 Å². The van der Waals surface area contributed by atoms with E-state index in [1.807, 2.05) is 29.8 Å². The molecule has 1 aromatic heterocycles. The molecule has 2 aliphatic rings. The summed E-state index contributed by atoms with van der Waals surface area (Å²) in [4.78, 5) is 11.6. The highest BCUT2D eigenvalue weighted by atomic mass is 16.5. The van der Waals surface area contributed by atoms with E-state index >= 15 is 0 Å². The first-order valence-electron chi connectivity index (χ1n) is 7.92. The standard InChI is InChI=1S/C16H20N6O/c1-12-17-15-11-13-5-3-4-6-14(13)18-16(21(15)19-12)20-7-9-22(2,23)10-8-20/h3-6H,7-11H2,1-2H3. The van der Waals surface area contributed by atoms with E-state index in [0.29, 0.717) is 32.6 Å². The van der Waals surface area contributed by atoms with Crippen molar-refractivity contribution < 1.29 is 4.65 Å². The zero-order valence-electron chi connectivity index (χ0n) is 13.4. The number of aromatic nitrogens is 3. The van der Waals surface area contributed by atoms with Crippen LogP contribution < -0.4 is 0 Å². The summed E-state index contributed by atoms with van der Waals surface area (Å²) in [6.07, 6.45) is 0.715. The van der Waals surface area contributed by atoms with E-state index in [0.717, 1.165) is 28.9 Å². The third-order valence-corrected chi connectivity index (χ3v) is 4.50. The Labute approximate surface area is 135 Å². The minimum atomic E-state index is -0.191. The fourth-order valence-electron chi connectivity index (χ4n) is 3.12. The lowest BCUT2D eigenvalue weighted by molar-refractivity contribution is -0.864. The van der Waals surface area contributed by atoms with Crippen molar-refractivity contribution in [2.45, 2.75) is 13.3 Å². The van der Waals surface area contributed by atoms with Gasteiger partial charge in [-0.25, -0.2) is 9.98 Å². The third-order valence-electron chi connectivity index (χ3n) is 4.50. The third kappa shape index (κ3) is 2.62. The van der Waals surface area contributed by atoms with Crippen LogP contribution in [0.5, 0.6) is 0 Å². The molecule has 2 aromatic rings. The average Bonchev–Trinajstić information content (AvgIpc) is 2.80. The van der Waals surface area contributed by atoms with Gasteiger partial charge in [-0.2, -0.15) is 4.68 Å². The molecule has 0 spiro atoms. The van der Waals surface area contributed by atoms with Gasteiger partial charge in [-0.3, -0.25) is 0 Å². The Balaban J connectivity index is 1.78. The van der Waals surface area contributed by atoms with Crippen LogP contribution in [0, 0.1) is 12.1 Å². The predicted octanol–water partition coefficient (Wildman–Crippen LogP) is 1.29. The van der Waals surface area contributed by atoms with Gasteiger partial charge in [0.1, 0.15) is 11.6 Å². The van der Waals surface area contributed by atoms with Crippen LogP contribution in [0.25, 0.3) is 0 Å². The maximum Gasteiger partial charge on any atom is 0.229 e. The number of hydrogen-bond donors (Lipinski definition) is 0. The van der Waals surface area contributed by atoms with Crippen molar-refractivity contribution in [2.24, 2.45) is 4.99 Å². The van der Waals surface area contributed by atoms with E-state index in [1.165, 1.54) is 0 Å². The number of aryl methyl sites for hydroxylation is 1. The minimum Gasteiger partial charge on any atom is -0.633 e. The molecule has 0 radical (unpaired) electrons. The Morgan fingerprint density at radius 1 is 1.17 bits per heavy atom. The minimum absolute atomic E-state index is 0.191. The number of benzene rings is 1. The van der Waals surface area contributed by atoms with Crippen molar-refractivity contribution in [3.05, 3.63) is 46.7 Å². The second-order valence-electron chi connectivity index (χ2n) is 6.44. The molecule has 0 aliphatic carbocycles. The first-order chi connectivity index (χ1) is 11.0. The number of piperazine rings is 1. The summed E-state index contributed by atoms with van der Waals surface area (Å²) in [7, 11) is 1.73. The summed E-state index contributed by atoms with van der Waals surface area (Å²) >= 11 is 0. The molecule has 1 aromatic carbocycles. The maximum absolute atomic E-state index is 12.1. The quantitative estimate of drug-likeness (QED) is 0.543. The predicted molar refractivity (Wildman–Crippen MR) is 87.4 cm³/mol. The Morgan fingerprint density at radius 2 is 1.91 bits per heavy atom. The number of hydroxylamine groups is 3. The summed E-state index contributed by atoms with van der Waals surface area (Å²) in [6, 6.07) is 8.12. The van der Waals surface area contributed by atoms with Gasteiger partial charge in [0, 0.05) is 6.42 Å². The lowest BCUT2D eigenvalue weighted by Crippen LogP contribution is -2.56. The SMILES string of the molecule is Cc1nc2n(n1)C(N1CC[N+](C)([O-])CC1)=Nc1ccccc1C2. The van der Waals surface area contributed by atoms with Gasteiger partial charge < -0.3 is 14.8 Å². The summed E-state index contributed by atoms with van der Waals surface area (Å²) in [5.41, 5.74) is 2.11.